The molecular weight excluding hydrogens is 236 g/mol. The van der Waals surface area contributed by atoms with E-state index in [2.05, 4.69) is 0 Å². The molecule has 0 saturated carbocycles. The van der Waals surface area contributed by atoms with Crippen LogP contribution in [0.4, 0.5) is 22.7 Å². The van der Waals surface area contributed by atoms with Gasteiger partial charge in [0.1, 0.15) is 5.69 Å². The highest BCUT2D eigenvalue weighted by atomic mass is 16.6. The Bertz CT molecular complexity index is 540. The van der Waals surface area contributed by atoms with Crippen LogP contribution in [0.5, 0.6) is 0 Å². The predicted molar refractivity (Wildman–Crippen MR) is 55.6 cm³/mol. The molecule has 0 aliphatic heterocycles. The lowest BCUT2D eigenvalue weighted by Crippen LogP contribution is -2.06. The van der Waals surface area contributed by atoms with E-state index < -0.39 is 37.5 Å². The summed E-state index contributed by atoms with van der Waals surface area (Å²) in [6.07, 6.45) is 0. The minimum atomic E-state index is -1.21. The van der Waals surface area contributed by atoms with Gasteiger partial charge in [0.2, 0.25) is 0 Å². The fraction of sp³-hybridized carbons (Fsp3) is 0.143. The quantitative estimate of drug-likeness (QED) is 0.475. The second kappa shape index (κ2) is 4.00. The van der Waals surface area contributed by atoms with Crippen LogP contribution >= 0.6 is 0 Å². The second-order valence-electron chi connectivity index (χ2n) is 3.09. The molecule has 1 aromatic carbocycles. The zero-order chi connectivity index (χ0) is 13.3. The molecule has 1 aromatic rings. The van der Waals surface area contributed by atoms with Gasteiger partial charge in [0.25, 0.3) is 0 Å². The molecule has 0 amide bonds. The van der Waals surface area contributed by atoms with Crippen molar-refractivity contribution in [2.24, 2.45) is 0 Å². The summed E-state index contributed by atoms with van der Waals surface area (Å²) in [4.78, 5) is 28.6. The molecular formula is C7H6N4O6. The van der Waals surface area contributed by atoms with Crippen LogP contribution in [0.15, 0.2) is 6.07 Å². The number of nitrogens with zero attached hydrogens (tertiary/aromatic N) is 3. The number of nitrogen functional groups attached to an aromatic ring is 1. The monoisotopic (exact) mass is 242 g/mol. The molecule has 0 spiro atoms. The number of aryl methyl sites for hydroxylation is 1. The van der Waals surface area contributed by atoms with Crippen LogP contribution in [-0.2, 0) is 0 Å². The van der Waals surface area contributed by atoms with Crippen LogP contribution in [0.25, 0.3) is 0 Å². The zero-order valence-electron chi connectivity index (χ0n) is 8.45. The van der Waals surface area contributed by atoms with Gasteiger partial charge in [-0.05, 0) is 12.5 Å². The Morgan fingerprint density at radius 2 is 1.47 bits per heavy atom. The number of nitro groups is 3. The van der Waals surface area contributed by atoms with Crippen molar-refractivity contribution in [2.75, 3.05) is 5.73 Å². The van der Waals surface area contributed by atoms with E-state index in [1.165, 1.54) is 6.92 Å². The van der Waals surface area contributed by atoms with Gasteiger partial charge in [-0.25, -0.2) is 0 Å². The van der Waals surface area contributed by atoms with E-state index in [4.69, 9.17) is 5.73 Å². The van der Waals surface area contributed by atoms with Crippen LogP contribution < -0.4 is 5.73 Å². The lowest BCUT2D eigenvalue weighted by atomic mass is 10.1. The van der Waals surface area contributed by atoms with Crippen molar-refractivity contribution in [3.05, 3.63) is 42.0 Å². The summed E-state index contributed by atoms with van der Waals surface area (Å²) >= 11 is 0. The predicted octanol–water partition coefficient (Wildman–Crippen LogP) is 1.30. The van der Waals surface area contributed by atoms with Crippen molar-refractivity contribution in [3.8, 4) is 0 Å². The first kappa shape index (κ1) is 12.3. The first-order valence-corrected chi connectivity index (χ1v) is 4.13. The van der Waals surface area contributed by atoms with E-state index >= 15 is 0 Å². The molecule has 1 rings (SSSR count). The fourth-order valence-electron chi connectivity index (χ4n) is 1.29. The van der Waals surface area contributed by atoms with E-state index in [9.17, 15) is 30.3 Å². The van der Waals surface area contributed by atoms with Gasteiger partial charge in [-0.3, -0.25) is 30.3 Å². The minimum absolute atomic E-state index is 0.0361. The van der Waals surface area contributed by atoms with Gasteiger partial charge in [-0.2, -0.15) is 0 Å². The summed E-state index contributed by atoms with van der Waals surface area (Å²) < 4.78 is 0. The Kier molecular flexibility index (Phi) is 2.89. The summed E-state index contributed by atoms with van der Waals surface area (Å²) in [6.45, 7) is 1.29. The molecule has 17 heavy (non-hydrogen) atoms. The van der Waals surface area contributed by atoms with Gasteiger partial charge in [0.15, 0.2) is 0 Å². The number of nitrogens with two attached hydrogens (primary N) is 1. The molecule has 10 heteroatoms. The van der Waals surface area contributed by atoms with Crippen LogP contribution in [0.3, 0.4) is 0 Å². The number of hydrogen-bond acceptors (Lipinski definition) is 7. The lowest BCUT2D eigenvalue weighted by molar-refractivity contribution is -0.440. The Morgan fingerprint density at radius 1 is 1.00 bits per heavy atom. The van der Waals surface area contributed by atoms with Crippen LogP contribution in [0.1, 0.15) is 5.56 Å². The molecule has 0 heterocycles. The number of nitro benzene ring substituents is 3. The second-order valence-corrected chi connectivity index (χ2v) is 3.09. The third-order valence-electron chi connectivity index (χ3n) is 2.06. The van der Waals surface area contributed by atoms with Crippen molar-refractivity contribution in [2.45, 2.75) is 6.92 Å². The molecule has 10 nitrogen and oxygen atoms in total. The third kappa shape index (κ3) is 1.95. The van der Waals surface area contributed by atoms with E-state index in [-0.39, 0.29) is 5.56 Å². The van der Waals surface area contributed by atoms with Crippen LogP contribution in [-0.4, -0.2) is 14.8 Å². The van der Waals surface area contributed by atoms with Gasteiger partial charge >= 0.3 is 17.1 Å². The summed E-state index contributed by atoms with van der Waals surface area (Å²) in [6, 6.07) is 0.834. The van der Waals surface area contributed by atoms with Crippen molar-refractivity contribution in [1.29, 1.82) is 0 Å². The molecule has 0 aliphatic carbocycles. The molecule has 0 aliphatic rings. The third-order valence-corrected chi connectivity index (χ3v) is 2.06. The molecule has 0 aromatic heterocycles. The largest absolute Gasteiger partial charge is 0.424 e. The molecule has 90 valence electrons. The maximum Gasteiger partial charge on any atom is 0.424 e. The normalized spacial score (nSPS) is 9.94. The summed E-state index contributed by atoms with van der Waals surface area (Å²) in [5.74, 6) is 0. The standard InChI is InChI=1S/C7H6N4O6/c1-3-2-4(9(12)13)6(10(14)15)7(5(3)8)11(16)17/h2H,8H2,1H3. The van der Waals surface area contributed by atoms with E-state index in [0.717, 1.165) is 6.07 Å². The average Bonchev–Trinajstić information content (AvgIpc) is 2.19. The van der Waals surface area contributed by atoms with E-state index in [1.54, 1.807) is 0 Å². The summed E-state index contributed by atoms with van der Waals surface area (Å²) in [7, 11) is 0. The average molecular weight is 242 g/mol. The maximum absolute atomic E-state index is 10.7. The Hall–Kier alpha value is -2.78. The Labute approximate surface area is 93.1 Å². The number of hydrogen-bond donors (Lipinski definition) is 1. The van der Waals surface area contributed by atoms with Crippen molar-refractivity contribution >= 4 is 22.7 Å². The minimum Gasteiger partial charge on any atom is -0.393 e. The SMILES string of the molecule is Cc1cc([N+](=O)[O-])c([N+](=O)[O-])c([N+](=O)[O-])c1N. The van der Waals surface area contributed by atoms with Gasteiger partial charge in [-0.15, -0.1) is 0 Å². The van der Waals surface area contributed by atoms with Gasteiger partial charge in [-0.1, -0.05) is 0 Å². The van der Waals surface area contributed by atoms with E-state index in [0.29, 0.717) is 0 Å². The van der Waals surface area contributed by atoms with Crippen molar-refractivity contribution in [1.82, 2.24) is 0 Å². The number of rotatable bonds is 3. The summed E-state index contributed by atoms with van der Waals surface area (Å²) in [5, 5.41) is 31.9. The highest BCUT2D eigenvalue weighted by Gasteiger charge is 2.39. The van der Waals surface area contributed by atoms with Crippen molar-refractivity contribution in [3.63, 3.8) is 0 Å². The highest BCUT2D eigenvalue weighted by molar-refractivity contribution is 5.79. The lowest BCUT2D eigenvalue weighted by Gasteiger charge is -2.02. The molecule has 0 bridgehead atoms. The molecule has 0 unspecified atom stereocenters. The van der Waals surface area contributed by atoms with Crippen LogP contribution in [0, 0.1) is 37.3 Å². The van der Waals surface area contributed by atoms with Gasteiger partial charge in [0.05, 0.1) is 14.8 Å². The number of anilines is 1. The fourth-order valence-corrected chi connectivity index (χ4v) is 1.29. The first-order chi connectivity index (χ1) is 7.77. The summed E-state index contributed by atoms with van der Waals surface area (Å²) in [5.41, 5.74) is 1.70. The molecule has 0 saturated heterocycles. The molecule has 0 radical (unpaired) electrons. The number of benzene rings is 1. The van der Waals surface area contributed by atoms with Gasteiger partial charge in [0, 0.05) is 6.07 Å². The molecule has 0 fully saturated rings. The highest BCUT2D eigenvalue weighted by Crippen LogP contribution is 2.42. The Morgan fingerprint density at radius 3 is 1.82 bits per heavy atom. The molecule has 0 atom stereocenters. The van der Waals surface area contributed by atoms with Crippen LogP contribution in [0.2, 0.25) is 0 Å². The smallest absolute Gasteiger partial charge is 0.393 e. The Balaban J connectivity index is 3.83. The topological polar surface area (TPSA) is 155 Å². The molecule has 2 N–H and O–H groups in total. The first-order valence-electron chi connectivity index (χ1n) is 4.13. The van der Waals surface area contributed by atoms with Gasteiger partial charge < -0.3 is 5.73 Å². The zero-order valence-corrected chi connectivity index (χ0v) is 8.45. The maximum atomic E-state index is 10.7. The van der Waals surface area contributed by atoms with Crippen molar-refractivity contribution < 1.29 is 14.8 Å². The van der Waals surface area contributed by atoms with E-state index in [1.807, 2.05) is 0 Å².